The van der Waals surface area contributed by atoms with Crippen LogP contribution in [-0.4, -0.2) is 32.7 Å². The molecule has 2 unspecified atom stereocenters. The molecular formula is C21H28N4O4. The molecule has 8 heteroatoms. The van der Waals surface area contributed by atoms with Gasteiger partial charge in [0.15, 0.2) is 0 Å². The van der Waals surface area contributed by atoms with Crippen molar-refractivity contribution in [2.75, 3.05) is 0 Å². The van der Waals surface area contributed by atoms with Crippen molar-refractivity contribution in [3.63, 3.8) is 0 Å². The first-order valence-corrected chi connectivity index (χ1v) is 9.83. The lowest BCUT2D eigenvalue weighted by Gasteiger charge is -2.25. The molecule has 1 aliphatic rings. The first-order chi connectivity index (χ1) is 13.6. The average molecular weight is 400 g/mol. The molecule has 2 aromatic rings. The van der Waals surface area contributed by atoms with Gasteiger partial charge in [0.25, 0.3) is 5.56 Å². The van der Waals surface area contributed by atoms with Gasteiger partial charge in [-0.15, -0.1) is 0 Å². The topological polar surface area (TPSA) is 113 Å². The van der Waals surface area contributed by atoms with Crippen LogP contribution in [0.4, 0.5) is 0 Å². The van der Waals surface area contributed by atoms with Crippen LogP contribution in [0.25, 0.3) is 10.9 Å². The van der Waals surface area contributed by atoms with Gasteiger partial charge in [-0.25, -0.2) is 4.98 Å². The van der Waals surface area contributed by atoms with Crippen LogP contribution >= 0.6 is 0 Å². The predicted octanol–water partition coefficient (Wildman–Crippen LogP) is 1.53. The summed E-state index contributed by atoms with van der Waals surface area (Å²) < 4.78 is 1.37. The van der Waals surface area contributed by atoms with Gasteiger partial charge in [-0.2, -0.15) is 0 Å². The third-order valence-corrected chi connectivity index (χ3v) is 5.05. The van der Waals surface area contributed by atoms with E-state index in [9.17, 15) is 19.5 Å². The van der Waals surface area contributed by atoms with Crippen LogP contribution in [0.15, 0.2) is 23.0 Å². The van der Waals surface area contributed by atoms with Crippen LogP contribution in [0, 0.1) is 12.3 Å². The maximum Gasteiger partial charge on any atom is 0.262 e. The number of aliphatic hydroxyl groups is 1. The first kappa shape index (κ1) is 21.1. The highest BCUT2D eigenvalue weighted by Gasteiger charge is 2.30. The van der Waals surface area contributed by atoms with Gasteiger partial charge in [0, 0.05) is 13.0 Å². The molecule has 156 valence electrons. The molecule has 2 amide bonds. The molecule has 0 aliphatic carbocycles. The number of fused-ring (bicyclic) bond motifs is 1. The van der Waals surface area contributed by atoms with Crippen LogP contribution in [0.1, 0.15) is 57.5 Å². The molecule has 1 fully saturated rings. The number of rotatable bonds is 5. The zero-order chi connectivity index (χ0) is 21.3. The number of nitrogens with zero attached hydrogens (tertiary/aromatic N) is 2. The molecule has 1 aromatic heterocycles. The molecule has 3 N–H and O–H groups in total. The standard InChI is InChI=1S/C21H28N4O4/c1-12-23-14-7-5-6-13(11-22-17(27)10-21(2,3)4)18(14)20(29)25(12)15-8-9-16(26)24-19(15)28/h5-7,15,17,22,27H,8-11H2,1-4H3,(H,24,26,28). The van der Waals surface area contributed by atoms with Crippen molar-refractivity contribution in [2.45, 2.75) is 65.8 Å². The Morgan fingerprint density at radius 3 is 2.69 bits per heavy atom. The Labute approximate surface area is 169 Å². The molecule has 2 atom stereocenters. The lowest BCUT2D eigenvalue weighted by molar-refractivity contribution is -0.135. The summed E-state index contributed by atoms with van der Waals surface area (Å²) in [5.74, 6) is -0.387. The van der Waals surface area contributed by atoms with Gasteiger partial charge >= 0.3 is 0 Å². The molecule has 29 heavy (non-hydrogen) atoms. The minimum Gasteiger partial charge on any atom is -0.379 e. The van der Waals surface area contributed by atoms with Crippen molar-refractivity contribution in [2.24, 2.45) is 5.41 Å². The van der Waals surface area contributed by atoms with E-state index in [4.69, 9.17) is 0 Å². The quantitative estimate of drug-likeness (QED) is 0.518. The number of carbonyl (C=O) groups excluding carboxylic acids is 2. The van der Waals surface area contributed by atoms with Crippen LogP contribution in [0.2, 0.25) is 0 Å². The number of amides is 2. The van der Waals surface area contributed by atoms with Crippen molar-refractivity contribution >= 4 is 22.7 Å². The van der Waals surface area contributed by atoms with E-state index in [0.29, 0.717) is 35.3 Å². The highest BCUT2D eigenvalue weighted by molar-refractivity contribution is 5.99. The molecule has 1 aromatic carbocycles. The molecule has 3 rings (SSSR count). The number of hydrogen-bond donors (Lipinski definition) is 3. The van der Waals surface area contributed by atoms with Crippen molar-refractivity contribution < 1.29 is 14.7 Å². The molecule has 0 saturated carbocycles. The van der Waals surface area contributed by atoms with Crippen LogP contribution in [0.3, 0.4) is 0 Å². The molecule has 0 radical (unpaired) electrons. The van der Waals surface area contributed by atoms with Crippen molar-refractivity contribution in [3.05, 3.63) is 39.9 Å². The number of aromatic nitrogens is 2. The van der Waals surface area contributed by atoms with Crippen molar-refractivity contribution in [3.8, 4) is 0 Å². The lowest BCUT2D eigenvalue weighted by Crippen LogP contribution is -2.45. The SMILES string of the molecule is Cc1nc2cccc(CNC(O)CC(C)(C)C)c2c(=O)n1C1CCC(=O)NC1=O. The summed E-state index contributed by atoms with van der Waals surface area (Å²) in [6.45, 7) is 8.11. The Hall–Kier alpha value is -2.58. The minimum atomic E-state index is -0.760. The fourth-order valence-electron chi connectivity index (χ4n) is 3.75. The monoisotopic (exact) mass is 400 g/mol. The maximum atomic E-state index is 13.3. The fourth-order valence-corrected chi connectivity index (χ4v) is 3.75. The molecule has 0 spiro atoms. The van der Waals surface area contributed by atoms with Gasteiger partial charge in [-0.1, -0.05) is 32.9 Å². The molecular weight excluding hydrogens is 372 g/mol. The smallest absolute Gasteiger partial charge is 0.262 e. The Balaban J connectivity index is 1.98. The average Bonchev–Trinajstić information content (AvgIpc) is 2.60. The number of nitrogens with one attached hydrogen (secondary N) is 2. The lowest BCUT2D eigenvalue weighted by atomic mass is 9.91. The number of piperidine rings is 1. The largest absolute Gasteiger partial charge is 0.379 e. The summed E-state index contributed by atoms with van der Waals surface area (Å²) in [7, 11) is 0. The van der Waals surface area contributed by atoms with E-state index in [0.717, 1.165) is 0 Å². The molecule has 1 aliphatic heterocycles. The van der Waals surface area contributed by atoms with Gasteiger partial charge in [-0.05, 0) is 36.8 Å². The number of benzene rings is 1. The van der Waals surface area contributed by atoms with E-state index in [1.807, 2.05) is 32.9 Å². The third kappa shape index (κ3) is 4.71. The van der Waals surface area contributed by atoms with E-state index >= 15 is 0 Å². The number of imide groups is 1. The minimum absolute atomic E-state index is 0.0394. The van der Waals surface area contributed by atoms with Crippen molar-refractivity contribution in [1.29, 1.82) is 0 Å². The fraction of sp³-hybridized carbons (Fsp3) is 0.524. The van der Waals surface area contributed by atoms with E-state index in [1.165, 1.54) is 4.57 Å². The maximum absolute atomic E-state index is 13.3. The Morgan fingerprint density at radius 1 is 1.31 bits per heavy atom. The summed E-state index contributed by atoms with van der Waals surface area (Å²) in [6, 6.07) is 4.63. The second-order valence-electron chi connectivity index (χ2n) is 8.77. The van der Waals surface area contributed by atoms with Gasteiger partial charge < -0.3 is 5.11 Å². The van der Waals surface area contributed by atoms with Crippen LogP contribution in [0.5, 0.6) is 0 Å². The van der Waals surface area contributed by atoms with Crippen molar-refractivity contribution in [1.82, 2.24) is 20.2 Å². The highest BCUT2D eigenvalue weighted by Crippen LogP contribution is 2.22. The van der Waals surface area contributed by atoms with Crippen LogP contribution < -0.4 is 16.2 Å². The zero-order valence-corrected chi connectivity index (χ0v) is 17.3. The third-order valence-electron chi connectivity index (χ3n) is 5.05. The summed E-state index contributed by atoms with van der Waals surface area (Å²) in [6.07, 6.45) is 0.308. The van der Waals surface area contributed by atoms with Gasteiger partial charge in [0.05, 0.1) is 10.9 Å². The predicted molar refractivity (Wildman–Crippen MR) is 109 cm³/mol. The van der Waals surface area contributed by atoms with E-state index < -0.39 is 18.2 Å². The summed E-state index contributed by atoms with van der Waals surface area (Å²) >= 11 is 0. The van der Waals surface area contributed by atoms with Gasteiger partial charge in [0.2, 0.25) is 11.8 Å². The summed E-state index contributed by atoms with van der Waals surface area (Å²) in [5, 5.41) is 16.0. The number of carbonyl (C=O) groups is 2. The Morgan fingerprint density at radius 2 is 2.03 bits per heavy atom. The Bertz CT molecular complexity index is 1010. The normalized spacial score (nSPS) is 18.7. The zero-order valence-electron chi connectivity index (χ0n) is 17.3. The molecule has 8 nitrogen and oxygen atoms in total. The van der Waals surface area contributed by atoms with E-state index in [2.05, 4.69) is 15.6 Å². The highest BCUT2D eigenvalue weighted by atomic mass is 16.3. The number of aryl methyl sites for hydroxylation is 1. The molecule has 1 saturated heterocycles. The first-order valence-electron chi connectivity index (χ1n) is 9.83. The van der Waals surface area contributed by atoms with Crippen LogP contribution in [-0.2, 0) is 16.1 Å². The van der Waals surface area contributed by atoms with E-state index in [1.54, 1.807) is 13.0 Å². The van der Waals surface area contributed by atoms with E-state index in [-0.39, 0.29) is 29.7 Å². The Kier molecular flexibility index (Phi) is 5.86. The molecule has 0 bridgehead atoms. The number of hydrogen-bond acceptors (Lipinski definition) is 6. The number of aliphatic hydroxyl groups excluding tert-OH is 1. The van der Waals surface area contributed by atoms with Gasteiger partial charge in [-0.3, -0.25) is 29.6 Å². The second kappa shape index (κ2) is 8.04. The molecule has 2 heterocycles. The van der Waals surface area contributed by atoms with Gasteiger partial charge in [0.1, 0.15) is 18.1 Å². The second-order valence-corrected chi connectivity index (χ2v) is 8.77. The summed E-state index contributed by atoms with van der Waals surface area (Å²) in [4.78, 5) is 41.6. The summed E-state index contributed by atoms with van der Waals surface area (Å²) in [5.41, 5.74) is 0.891.